The largest absolute Gasteiger partial charge is 0.453 e. The van der Waals surface area contributed by atoms with Gasteiger partial charge in [0.15, 0.2) is 5.22 Å². The Labute approximate surface area is 111 Å². The van der Waals surface area contributed by atoms with Crippen LogP contribution in [-0.4, -0.2) is 7.05 Å². The summed E-state index contributed by atoms with van der Waals surface area (Å²) in [5, 5.41) is 3.59. The molecule has 0 aliphatic carbocycles. The van der Waals surface area contributed by atoms with Crippen LogP contribution in [0.25, 0.3) is 0 Å². The standard InChI is InChI=1S/C14H15ClFNO/c1-9-7-11(16)4-3-10(9)8-13(17-2)12-5-6-18-14(12)15/h3-7,13,17H,8H2,1-2H3. The Morgan fingerprint density at radius 1 is 1.39 bits per heavy atom. The molecule has 0 aliphatic rings. The van der Waals surface area contributed by atoms with Crippen LogP contribution < -0.4 is 5.32 Å². The fourth-order valence-corrected chi connectivity index (χ4v) is 2.28. The number of halogens is 2. The van der Waals surface area contributed by atoms with Gasteiger partial charge in [-0.25, -0.2) is 4.39 Å². The normalized spacial score (nSPS) is 12.7. The molecule has 2 aromatic rings. The summed E-state index contributed by atoms with van der Waals surface area (Å²) in [4.78, 5) is 0. The highest BCUT2D eigenvalue weighted by molar-refractivity contribution is 6.29. The Morgan fingerprint density at radius 2 is 2.17 bits per heavy atom. The fourth-order valence-electron chi connectivity index (χ4n) is 2.03. The Balaban J connectivity index is 2.23. The van der Waals surface area contributed by atoms with Crippen molar-refractivity contribution >= 4 is 11.6 Å². The molecule has 18 heavy (non-hydrogen) atoms. The van der Waals surface area contributed by atoms with Crippen molar-refractivity contribution in [2.45, 2.75) is 19.4 Å². The second-order valence-electron chi connectivity index (χ2n) is 4.27. The Kier molecular flexibility index (Phi) is 4.04. The first kappa shape index (κ1) is 13.1. The van der Waals surface area contributed by atoms with Crippen LogP contribution in [0, 0.1) is 12.7 Å². The number of rotatable bonds is 4. The van der Waals surface area contributed by atoms with Crippen LogP contribution in [0.3, 0.4) is 0 Å². The molecule has 0 amide bonds. The molecule has 0 saturated heterocycles. The lowest BCUT2D eigenvalue weighted by Crippen LogP contribution is -2.19. The molecular weight excluding hydrogens is 253 g/mol. The topological polar surface area (TPSA) is 25.2 Å². The predicted molar refractivity (Wildman–Crippen MR) is 70.4 cm³/mol. The van der Waals surface area contributed by atoms with Gasteiger partial charge in [-0.2, -0.15) is 0 Å². The molecule has 2 nitrogen and oxygen atoms in total. The zero-order valence-electron chi connectivity index (χ0n) is 10.3. The first-order valence-electron chi connectivity index (χ1n) is 5.77. The monoisotopic (exact) mass is 267 g/mol. The van der Waals surface area contributed by atoms with Crippen LogP contribution in [0.1, 0.15) is 22.7 Å². The third kappa shape index (κ3) is 2.74. The summed E-state index contributed by atoms with van der Waals surface area (Å²) < 4.78 is 18.2. The van der Waals surface area contributed by atoms with Gasteiger partial charge in [-0.1, -0.05) is 6.07 Å². The predicted octanol–water partition coefficient (Wildman–Crippen LogP) is 3.88. The number of hydrogen-bond donors (Lipinski definition) is 1. The Bertz CT molecular complexity index is 538. The van der Waals surface area contributed by atoms with E-state index in [1.54, 1.807) is 12.3 Å². The van der Waals surface area contributed by atoms with Gasteiger partial charge in [-0.3, -0.25) is 0 Å². The summed E-state index contributed by atoms with van der Waals surface area (Å²) in [6.45, 7) is 1.90. The zero-order valence-corrected chi connectivity index (χ0v) is 11.1. The Morgan fingerprint density at radius 3 is 2.72 bits per heavy atom. The quantitative estimate of drug-likeness (QED) is 0.909. The van der Waals surface area contributed by atoms with E-state index in [0.29, 0.717) is 5.22 Å². The Hall–Kier alpha value is -1.32. The number of aryl methyl sites for hydroxylation is 1. The number of likely N-dealkylation sites (N-methyl/N-ethyl adjacent to an activating group) is 1. The third-order valence-electron chi connectivity index (χ3n) is 3.10. The molecule has 4 heteroatoms. The van der Waals surface area contributed by atoms with E-state index in [9.17, 15) is 4.39 Å². The van der Waals surface area contributed by atoms with Crippen LogP contribution in [0.2, 0.25) is 5.22 Å². The van der Waals surface area contributed by atoms with E-state index in [2.05, 4.69) is 5.32 Å². The lowest BCUT2D eigenvalue weighted by molar-refractivity contribution is 0.543. The van der Waals surface area contributed by atoms with Crippen molar-refractivity contribution in [2.75, 3.05) is 7.05 Å². The minimum Gasteiger partial charge on any atom is -0.453 e. The zero-order chi connectivity index (χ0) is 13.1. The van der Waals surface area contributed by atoms with E-state index in [1.165, 1.54) is 6.07 Å². The summed E-state index contributed by atoms with van der Waals surface area (Å²) in [6.07, 6.45) is 2.31. The lowest BCUT2D eigenvalue weighted by atomic mass is 9.98. The fraction of sp³-hybridized carbons (Fsp3) is 0.286. The van der Waals surface area contributed by atoms with Crippen molar-refractivity contribution in [3.63, 3.8) is 0 Å². The van der Waals surface area contributed by atoms with Gasteiger partial charge in [-0.05, 0) is 61.3 Å². The van der Waals surface area contributed by atoms with Crippen molar-refractivity contribution in [2.24, 2.45) is 0 Å². The first-order valence-corrected chi connectivity index (χ1v) is 6.14. The van der Waals surface area contributed by atoms with Crippen LogP contribution in [0.15, 0.2) is 34.9 Å². The van der Waals surface area contributed by atoms with Crippen LogP contribution in [0.5, 0.6) is 0 Å². The summed E-state index contributed by atoms with van der Waals surface area (Å²) in [6, 6.07) is 6.73. The van der Waals surface area contributed by atoms with Gasteiger partial charge >= 0.3 is 0 Å². The highest BCUT2D eigenvalue weighted by atomic mass is 35.5. The molecule has 0 aliphatic heterocycles. The average Bonchev–Trinajstić information content (AvgIpc) is 2.75. The van der Waals surface area contributed by atoms with E-state index in [1.807, 2.05) is 26.1 Å². The molecule has 1 unspecified atom stereocenters. The van der Waals surface area contributed by atoms with Crippen molar-refractivity contribution in [3.05, 3.63) is 58.3 Å². The van der Waals surface area contributed by atoms with Gasteiger partial charge < -0.3 is 9.73 Å². The molecule has 96 valence electrons. The van der Waals surface area contributed by atoms with Crippen molar-refractivity contribution in [1.29, 1.82) is 0 Å². The summed E-state index contributed by atoms with van der Waals surface area (Å²) in [7, 11) is 1.87. The summed E-state index contributed by atoms with van der Waals surface area (Å²) in [5.41, 5.74) is 2.95. The van der Waals surface area contributed by atoms with Gasteiger partial charge in [-0.15, -0.1) is 0 Å². The van der Waals surface area contributed by atoms with Gasteiger partial charge in [0, 0.05) is 11.6 Å². The van der Waals surface area contributed by atoms with Crippen molar-refractivity contribution in [1.82, 2.24) is 5.32 Å². The minimum absolute atomic E-state index is 0.0559. The van der Waals surface area contributed by atoms with Crippen molar-refractivity contribution < 1.29 is 8.81 Å². The average molecular weight is 268 g/mol. The van der Waals surface area contributed by atoms with E-state index in [-0.39, 0.29) is 11.9 Å². The van der Waals surface area contributed by atoms with E-state index < -0.39 is 0 Å². The van der Waals surface area contributed by atoms with Gasteiger partial charge in [0.2, 0.25) is 0 Å². The van der Waals surface area contributed by atoms with Crippen LogP contribution >= 0.6 is 11.6 Å². The molecule has 1 heterocycles. The molecule has 0 saturated carbocycles. The molecule has 0 fully saturated rings. The molecule has 1 atom stereocenters. The minimum atomic E-state index is -0.210. The van der Waals surface area contributed by atoms with E-state index >= 15 is 0 Å². The SMILES string of the molecule is CNC(Cc1ccc(F)cc1C)c1ccoc1Cl. The molecule has 1 N–H and O–H groups in total. The first-order chi connectivity index (χ1) is 8.61. The molecule has 1 aromatic heterocycles. The molecule has 1 aromatic carbocycles. The smallest absolute Gasteiger partial charge is 0.197 e. The maximum Gasteiger partial charge on any atom is 0.197 e. The van der Waals surface area contributed by atoms with Crippen molar-refractivity contribution in [3.8, 4) is 0 Å². The second kappa shape index (κ2) is 5.55. The van der Waals surface area contributed by atoms with Gasteiger partial charge in [0.25, 0.3) is 0 Å². The van der Waals surface area contributed by atoms with E-state index in [4.69, 9.17) is 16.0 Å². The van der Waals surface area contributed by atoms with Gasteiger partial charge in [0.1, 0.15) is 5.82 Å². The third-order valence-corrected chi connectivity index (χ3v) is 3.41. The summed E-state index contributed by atoms with van der Waals surface area (Å²) in [5.74, 6) is -0.210. The van der Waals surface area contributed by atoms with Crippen LogP contribution in [0.4, 0.5) is 4.39 Å². The number of furan rings is 1. The number of benzene rings is 1. The lowest BCUT2D eigenvalue weighted by Gasteiger charge is -2.16. The molecule has 0 bridgehead atoms. The van der Waals surface area contributed by atoms with Gasteiger partial charge in [0.05, 0.1) is 6.26 Å². The number of nitrogens with one attached hydrogen (secondary N) is 1. The summed E-state index contributed by atoms with van der Waals surface area (Å²) >= 11 is 5.98. The second-order valence-corrected chi connectivity index (χ2v) is 4.61. The molecule has 2 rings (SSSR count). The van der Waals surface area contributed by atoms with E-state index in [0.717, 1.165) is 23.1 Å². The maximum absolute atomic E-state index is 13.1. The maximum atomic E-state index is 13.1. The number of hydrogen-bond acceptors (Lipinski definition) is 2. The molecule has 0 radical (unpaired) electrons. The highest BCUT2D eigenvalue weighted by Crippen LogP contribution is 2.27. The molecular formula is C14H15ClFNO. The van der Waals surface area contributed by atoms with Crippen LogP contribution in [-0.2, 0) is 6.42 Å². The highest BCUT2D eigenvalue weighted by Gasteiger charge is 2.16. The molecule has 0 spiro atoms.